The van der Waals surface area contributed by atoms with Crippen LogP contribution in [-0.2, 0) is 20.7 Å². The van der Waals surface area contributed by atoms with Gasteiger partial charge in [0.2, 0.25) is 5.78 Å². The molecule has 7 heteroatoms. The van der Waals surface area contributed by atoms with Crippen LogP contribution >= 0.6 is 0 Å². The summed E-state index contributed by atoms with van der Waals surface area (Å²) in [4.78, 5) is 31.9. The zero-order chi connectivity index (χ0) is 13.0. The second kappa shape index (κ2) is 5.15. The Morgan fingerprint density at radius 1 is 1.47 bits per heavy atom. The van der Waals surface area contributed by atoms with Crippen LogP contribution in [0.2, 0.25) is 0 Å². The van der Waals surface area contributed by atoms with Crippen molar-refractivity contribution in [3.05, 3.63) is 39.7 Å². The van der Waals surface area contributed by atoms with Gasteiger partial charge in [0.1, 0.15) is 5.82 Å². The maximum Gasteiger partial charge on any atom is 0.374 e. The summed E-state index contributed by atoms with van der Waals surface area (Å²) in [5.41, 5.74) is -0.575. The summed E-state index contributed by atoms with van der Waals surface area (Å²) in [7, 11) is 1.03. The molecule has 0 saturated carbocycles. The lowest BCUT2D eigenvalue weighted by atomic mass is 10.1. The van der Waals surface area contributed by atoms with Gasteiger partial charge in [-0.05, 0) is 12.1 Å². The van der Waals surface area contributed by atoms with Crippen LogP contribution in [0.1, 0.15) is 5.56 Å². The molecule has 0 saturated heterocycles. The smallest absolute Gasteiger partial charge is 0.374 e. The van der Waals surface area contributed by atoms with Gasteiger partial charge in [0.15, 0.2) is 0 Å². The number of carbonyl (C=O) groups is 2. The summed E-state index contributed by atoms with van der Waals surface area (Å²) in [5, 5.41) is 10.6. The summed E-state index contributed by atoms with van der Waals surface area (Å²) in [5.74, 6) is -2.81. The van der Waals surface area contributed by atoms with Crippen molar-refractivity contribution in [2.24, 2.45) is 0 Å². The molecule has 6 nitrogen and oxygen atoms in total. The molecule has 0 heterocycles. The molecule has 1 aromatic carbocycles. The molecule has 0 fully saturated rings. The van der Waals surface area contributed by atoms with Crippen molar-refractivity contribution >= 4 is 17.4 Å². The zero-order valence-corrected chi connectivity index (χ0v) is 8.81. The first-order valence-electron chi connectivity index (χ1n) is 4.49. The number of methoxy groups -OCH3 is 1. The van der Waals surface area contributed by atoms with Gasteiger partial charge in [0.25, 0.3) is 5.69 Å². The van der Waals surface area contributed by atoms with Gasteiger partial charge in [-0.2, -0.15) is 0 Å². The molecule has 0 N–H and O–H groups in total. The highest BCUT2D eigenvalue weighted by atomic mass is 19.1. The molecule has 0 bridgehead atoms. The minimum Gasteiger partial charge on any atom is -0.463 e. The standard InChI is InChI=1S/C10H8FNO5/c1-17-10(14)9(13)4-6-2-3-7(11)5-8(6)12(15)16/h2-3,5H,4H2,1H3. The van der Waals surface area contributed by atoms with Crippen molar-refractivity contribution in [3.8, 4) is 0 Å². The van der Waals surface area contributed by atoms with E-state index in [1.807, 2.05) is 0 Å². The van der Waals surface area contributed by atoms with Crippen LogP contribution in [-0.4, -0.2) is 23.8 Å². The second-order valence-corrected chi connectivity index (χ2v) is 3.12. The first-order chi connectivity index (χ1) is 7.95. The Kier molecular flexibility index (Phi) is 3.86. The summed E-state index contributed by atoms with van der Waals surface area (Å²) in [6, 6.07) is 2.76. The summed E-state index contributed by atoms with van der Waals surface area (Å²) in [6.07, 6.45) is -0.497. The number of hydrogen-bond donors (Lipinski definition) is 0. The predicted molar refractivity (Wildman–Crippen MR) is 53.8 cm³/mol. The van der Waals surface area contributed by atoms with Crippen LogP contribution in [0.15, 0.2) is 18.2 Å². The Morgan fingerprint density at radius 3 is 2.65 bits per heavy atom. The molecule has 0 aliphatic heterocycles. The maximum absolute atomic E-state index is 12.8. The van der Waals surface area contributed by atoms with Crippen LogP contribution in [0.25, 0.3) is 0 Å². The van der Waals surface area contributed by atoms with Crippen molar-refractivity contribution in [1.29, 1.82) is 0 Å². The Morgan fingerprint density at radius 2 is 2.12 bits per heavy atom. The van der Waals surface area contributed by atoms with Crippen LogP contribution < -0.4 is 0 Å². The maximum atomic E-state index is 12.8. The highest BCUT2D eigenvalue weighted by molar-refractivity contribution is 6.34. The molecule has 0 aromatic heterocycles. The van der Waals surface area contributed by atoms with Crippen molar-refractivity contribution in [2.45, 2.75) is 6.42 Å². The molecule has 0 spiro atoms. The predicted octanol–water partition coefficient (Wildman–Crippen LogP) is 1.02. The van der Waals surface area contributed by atoms with Crippen molar-refractivity contribution < 1.29 is 23.6 Å². The molecular weight excluding hydrogens is 233 g/mol. The number of carbonyl (C=O) groups excluding carboxylic acids is 2. The molecule has 1 rings (SSSR count). The first kappa shape index (κ1) is 12.8. The third kappa shape index (κ3) is 3.07. The monoisotopic (exact) mass is 241 g/mol. The number of ketones is 1. The fourth-order valence-electron chi connectivity index (χ4n) is 1.22. The third-order valence-electron chi connectivity index (χ3n) is 2.01. The van der Waals surface area contributed by atoms with Crippen molar-refractivity contribution in [3.63, 3.8) is 0 Å². The number of esters is 1. The molecule has 17 heavy (non-hydrogen) atoms. The average Bonchev–Trinajstić information content (AvgIpc) is 2.29. The molecule has 1 aromatic rings. The number of benzene rings is 1. The van der Waals surface area contributed by atoms with Gasteiger partial charge in [0.05, 0.1) is 18.1 Å². The summed E-state index contributed by atoms with van der Waals surface area (Å²) >= 11 is 0. The number of halogens is 1. The van der Waals surface area contributed by atoms with Crippen LogP contribution in [0.4, 0.5) is 10.1 Å². The number of rotatable bonds is 4. The normalized spacial score (nSPS) is 9.76. The quantitative estimate of drug-likeness (QED) is 0.340. The van der Waals surface area contributed by atoms with Gasteiger partial charge in [-0.3, -0.25) is 14.9 Å². The van der Waals surface area contributed by atoms with Gasteiger partial charge in [-0.15, -0.1) is 0 Å². The number of nitro groups is 1. The van der Waals surface area contributed by atoms with Crippen LogP contribution in [0.5, 0.6) is 0 Å². The van der Waals surface area contributed by atoms with E-state index < -0.39 is 34.6 Å². The first-order valence-corrected chi connectivity index (χ1v) is 4.49. The number of hydrogen-bond acceptors (Lipinski definition) is 5. The van der Waals surface area contributed by atoms with E-state index in [1.54, 1.807) is 0 Å². The molecule has 0 atom stereocenters. The van der Waals surface area contributed by atoms with Gasteiger partial charge in [-0.25, -0.2) is 9.18 Å². The lowest BCUT2D eigenvalue weighted by molar-refractivity contribution is -0.385. The van der Waals surface area contributed by atoms with E-state index >= 15 is 0 Å². The van der Waals surface area contributed by atoms with Crippen LogP contribution in [0, 0.1) is 15.9 Å². The zero-order valence-electron chi connectivity index (χ0n) is 8.81. The lowest BCUT2D eigenvalue weighted by Crippen LogP contribution is -2.18. The summed E-state index contributed by atoms with van der Waals surface area (Å²) in [6.45, 7) is 0. The Bertz CT molecular complexity index is 486. The number of nitrogens with zero attached hydrogens (tertiary/aromatic N) is 1. The second-order valence-electron chi connectivity index (χ2n) is 3.12. The van der Waals surface area contributed by atoms with Gasteiger partial charge >= 0.3 is 5.97 Å². The van der Waals surface area contributed by atoms with E-state index in [1.165, 1.54) is 0 Å². The molecule has 0 aliphatic rings. The van der Waals surface area contributed by atoms with E-state index in [0.717, 1.165) is 19.2 Å². The van der Waals surface area contributed by atoms with Crippen molar-refractivity contribution in [2.75, 3.05) is 7.11 Å². The molecule has 90 valence electrons. The molecule has 0 unspecified atom stereocenters. The molecule has 0 amide bonds. The highest BCUT2D eigenvalue weighted by Crippen LogP contribution is 2.20. The van der Waals surface area contributed by atoms with E-state index in [0.29, 0.717) is 6.07 Å². The molecule has 0 radical (unpaired) electrons. The molecular formula is C10H8FNO5. The average molecular weight is 241 g/mol. The number of Topliss-reactive ketones (excluding diaryl/α,β-unsaturated/α-hetero) is 1. The van der Waals surface area contributed by atoms with E-state index in [9.17, 15) is 24.1 Å². The minimum absolute atomic E-state index is 0.0354. The van der Waals surface area contributed by atoms with Gasteiger partial charge in [0, 0.05) is 12.0 Å². The largest absolute Gasteiger partial charge is 0.463 e. The van der Waals surface area contributed by atoms with Crippen LogP contribution in [0.3, 0.4) is 0 Å². The van der Waals surface area contributed by atoms with Crippen molar-refractivity contribution in [1.82, 2.24) is 0 Å². The van der Waals surface area contributed by atoms with E-state index in [-0.39, 0.29) is 5.56 Å². The van der Waals surface area contributed by atoms with E-state index in [4.69, 9.17) is 0 Å². The Labute approximate surface area is 95.1 Å². The third-order valence-corrected chi connectivity index (χ3v) is 2.01. The van der Waals surface area contributed by atoms with Gasteiger partial charge in [-0.1, -0.05) is 0 Å². The summed E-state index contributed by atoms with van der Waals surface area (Å²) < 4.78 is 17.0. The SMILES string of the molecule is COC(=O)C(=O)Cc1ccc(F)cc1[N+](=O)[O-]. The van der Waals surface area contributed by atoms with E-state index in [2.05, 4.69) is 4.74 Å². The minimum atomic E-state index is -1.09. The Hall–Kier alpha value is -2.31. The highest BCUT2D eigenvalue weighted by Gasteiger charge is 2.21. The number of ether oxygens (including phenoxy) is 1. The number of nitro benzene ring substituents is 1. The fourth-order valence-corrected chi connectivity index (χ4v) is 1.22. The fraction of sp³-hybridized carbons (Fsp3) is 0.200. The molecule has 0 aliphatic carbocycles. The Balaban J connectivity index is 3.02. The topological polar surface area (TPSA) is 86.5 Å². The van der Waals surface area contributed by atoms with Gasteiger partial charge < -0.3 is 4.74 Å². The lowest BCUT2D eigenvalue weighted by Gasteiger charge is -2.01.